The Morgan fingerprint density at radius 1 is 1.44 bits per heavy atom. The van der Waals surface area contributed by atoms with Crippen molar-refractivity contribution >= 4 is 11.8 Å². The van der Waals surface area contributed by atoms with Gasteiger partial charge in [-0.25, -0.2) is 0 Å². The maximum atomic E-state index is 8.80. The minimum atomic E-state index is -0.703. The molecule has 1 atom stereocenters. The van der Waals surface area contributed by atoms with Gasteiger partial charge in [0, 0.05) is 10.6 Å². The Morgan fingerprint density at radius 3 is 2.69 bits per heavy atom. The average Bonchev–Trinajstić information content (AvgIpc) is 2.21. The first-order valence-corrected chi connectivity index (χ1v) is 6.33. The first-order chi connectivity index (χ1) is 7.44. The summed E-state index contributed by atoms with van der Waals surface area (Å²) in [6.45, 7) is 5.98. The van der Waals surface area contributed by atoms with E-state index in [-0.39, 0.29) is 0 Å². The number of aryl methyl sites for hydroxylation is 2. The third kappa shape index (κ3) is 3.88. The van der Waals surface area contributed by atoms with Crippen LogP contribution >= 0.6 is 11.8 Å². The zero-order chi connectivity index (χ0) is 12.2. The molecular formula is C13H18N2S. The molecule has 16 heavy (non-hydrogen) atoms. The van der Waals surface area contributed by atoms with Crippen molar-refractivity contribution < 1.29 is 0 Å². The number of benzene rings is 1. The predicted octanol–water partition coefficient (Wildman–Crippen LogP) is 3.03. The highest BCUT2D eigenvalue weighted by Gasteiger charge is 2.16. The molecule has 0 saturated heterocycles. The highest BCUT2D eigenvalue weighted by atomic mass is 32.2. The van der Waals surface area contributed by atoms with Gasteiger partial charge in [0.25, 0.3) is 0 Å². The van der Waals surface area contributed by atoms with Crippen LogP contribution in [0.2, 0.25) is 0 Å². The fraction of sp³-hybridized carbons (Fsp3) is 0.462. The molecular weight excluding hydrogens is 216 g/mol. The zero-order valence-corrected chi connectivity index (χ0v) is 10.9. The molecule has 2 nitrogen and oxygen atoms in total. The topological polar surface area (TPSA) is 49.8 Å². The van der Waals surface area contributed by atoms with Crippen molar-refractivity contribution in [2.75, 3.05) is 5.75 Å². The van der Waals surface area contributed by atoms with Crippen LogP contribution in [0.4, 0.5) is 0 Å². The molecule has 1 aromatic rings. The molecule has 0 spiro atoms. The van der Waals surface area contributed by atoms with E-state index in [1.54, 1.807) is 18.7 Å². The van der Waals surface area contributed by atoms with E-state index in [4.69, 9.17) is 11.0 Å². The normalized spacial score (nSPS) is 14.2. The smallest absolute Gasteiger partial charge is 0.102 e. The summed E-state index contributed by atoms with van der Waals surface area (Å²) in [5.74, 6) is 0.879. The van der Waals surface area contributed by atoms with Gasteiger partial charge in [0.2, 0.25) is 0 Å². The van der Waals surface area contributed by atoms with E-state index in [0.717, 1.165) is 5.75 Å². The van der Waals surface area contributed by atoms with E-state index in [0.29, 0.717) is 6.42 Å². The lowest BCUT2D eigenvalue weighted by molar-refractivity contribution is 0.583. The number of rotatable bonds is 4. The Kier molecular flexibility index (Phi) is 4.40. The Balaban J connectivity index is 2.53. The van der Waals surface area contributed by atoms with E-state index in [1.807, 2.05) is 0 Å². The summed E-state index contributed by atoms with van der Waals surface area (Å²) in [6.07, 6.45) is 0.710. The molecule has 0 fully saturated rings. The summed E-state index contributed by atoms with van der Waals surface area (Å²) in [6, 6.07) is 8.54. The van der Waals surface area contributed by atoms with Crippen LogP contribution < -0.4 is 5.73 Å². The second-order valence-corrected chi connectivity index (χ2v) is 5.53. The first-order valence-electron chi connectivity index (χ1n) is 5.35. The Labute approximate surface area is 102 Å². The highest BCUT2D eigenvalue weighted by Crippen LogP contribution is 2.25. The van der Waals surface area contributed by atoms with Gasteiger partial charge >= 0.3 is 0 Å². The summed E-state index contributed by atoms with van der Waals surface area (Å²) >= 11 is 1.77. The molecule has 1 aromatic carbocycles. The van der Waals surface area contributed by atoms with Crippen LogP contribution in [-0.2, 0) is 0 Å². The third-order valence-electron chi connectivity index (χ3n) is 2.46. The minimum Gasteiger partial charge on any atom is -0.314 e. The van der Waals surface area contributed by atoms with Crippen molar-refractivity contribution in [3.05, 3.63) is 29.3 Å². The van der Waals surface area contributed by atoms with Crippen molar-refractivity contribution in [2.45, 2.75) is 37.6 Å². The molecule has 0 heterocycles. The van der Waals surface area contributed by atoms with Gasteiger partial charge < -0.3 is 5.73 Å². The quantitative estimate of drug-likeness (QED) is 0.815. The molecule has 0 saturated carbocycles. The van der Waals surface area contributed by atoms with Crippen LogP contribution in [0, 0.1) is 25.2 Å². The molecule has 0 amide bonds. The second kappa shape index (κ2) is 5.38. The van der Waals surface area contributed by atoms with Gasteiger partial charge in [0.05, 0.1) is 6.07 Å². The minimum absolute atomic E-state index is 0.703. The average molecular weight is 234 g/mol. The van der Waals surface area contributed by atoms with E-state index in [2.05, 4.69) is 38.1 Å². The summed E-state index contributed by atoms with van der Waals surface area (Å²) in [5, 5.41) is 8.80. The fourth-order valence-electron chi connectivity index (χ4n) is 1.39. The lowest BCUT2D eigenvalue weighted by atomic mass is 10.0. The second-order valence-electron chi connectivity index (χ2n) is 4.40. The fourth-order valence-corrected chi connectivity index (χ4v) is 2.59. The van der Waals surface area contributed by atoms with Crippen LogP contribution in [0.3, 0.4) is 0 Å². The van der Waals surface area contributed by atoms with Crippen LogP contribution in [0.15, 0.2) is 23.1 Å². The summed E-state index contributed by atoms with van der Waals surface area (Å²) in [5.41, 5.74) is 7.64. The SMILES string of the molecule is Cc1ccc(SCCC(C)(N)C#N)c(C)c1. The Hall–Kier alpha value is -0.980. The molecule has 0 aliphatic carbocycles. The Bertz CT molecular complexity index is 405. The molecule has 0 aliphatic rings. The standard InChI is InChI=1S/C13H18N2S/c1-10-4-5-12(11(2)8-10)16-7-6-13(3,15)9-14/h4-5,8H,6-7,15H2,1-3H3. The van der Waals surface area contributed by atoms with Crippen LogP contribution in [-0.4, -0.2) is 11.3 Å². The monoisotopic (exact) mass is 234 g/mol. The number of hydrogen-bond acceptors (Lipinski definition) is 3. The molecule has 2 N–H and O–H groups in total. The van der Waals surface area contributed by atoms with Crippen LogP contribution in [0.25, 0.3) is 0 Å². The Morgan fingerprint density at radius 2 is 2.12 bits per heavy atom. The van der Waals surface area contributed by atoms with Gasteiger partial charge in [-0.1, -0.05) is 17.7 Å². The largest absolute Gasteiger partial charge is 0.314 e. The molecule has 1 unspecified atom stereocenters. The molecule has 0 radical (unpaired) electrons. The van der Waals surface area contributed by atoms with Gasteiger partial charge in [-0.15, -0.1) is 11.8 Å². The van der Waals surface area contributed by atoms with Gasteiger partial charge in [-0.3, -0.25) is 0 Å². The lowest BCUT2D eigenvalue weighted by Gasteiger charge is -2.14. The summed E-state index contributed by atoms with van der Waals surface area (Å²) in [4.78, 5) is 1.28. The first kappa shape index (κ1) is 13.1. The molecule has 0 aromatic heterocycles. The van der Waals surface area contributed by atoms with Gasteiger partial charge in [-0.05, 0) is 38.8 Å². The van der Waals surface area contributed by atoms with Gasteiger partial charge in [0.1, 0.15) is 5.54 Å². The molecule has 86 valence electrons. The van der Waals surface area contributed by atoms with Crippen molar-refractivity contribution in [1.29, 1.82) is 5.26 Å². The van der Waals surface area contributed by atoms with Gasteiger partial charge in [0.15, 0.2) is 0 Å². The molecule has 1 rings (SSSR count). The molecule has 3 heteroatoms. The third-order valence-corrected chi connectivity index (χ3v) is 3.64. The number of thioether (sulfide) groups is 1. The van der Waals surface area contributed by atoms with Crippen molar-refractivity contribution in [3.63, 3.8) is 0 Å². The van der Waals surface area contributed by atoms with Crippen LogP contribution in [0.5, 0.6) is 0 Å². The van der Waals surface area contributed by atoms with E-state index < -0.39 is 5.54 Å². The van der Waals surface area contributed by atoms with Crippen molar-refractivity contribution in [2.24, 2.45) is 5.73 Å². The van der Waals surface area contributed by atoms with Crippen molar-refractivity contribution in [1.82, 2.24) is 0 Å². The summed E-state index contributed by atoms with van der Waals surface area (Å²) < 4.78 is 0. The number of nitriles is 1. The van der Waals surface area contributed by atoms with Crippen LogP contribution in [0.1, 0.15) is 24.5 Å². The maximum Gasteiger partial charge on any atom is 0.102 e. The molecule has 0 bridgehead atoms. The lowest BCUT2D eigenvalue weighted by Crippen LogP contribution is -2.34. The maximum absolute atomic E-state index is 8.80. The summed E-state index contributed by atoms with van der Waals surface area (Å²) in [7, 11) is 0. The predicted molar refractivity (Wildman–Crippen MR) is 69.5 cm³/mol. The van der Waals surface area contributed by atoms with E-state index in [9.17, 15) is 0 Å². The highest BCUT2D eigenvalue weighted by molar-refractivity contribution is 7.99. The number of nitrogens with two attached hydrogens (primary N) is 1. The zero-order valence-electron chi connectivity index (χ0n) is 10.1. The number of hydrogen-bond donors (Lipinski definition) is 1. The molecule has 0 aliphatic heterocycles. The van der Waals surface area contributed by atoms with Crippen molar-refractivity contribution in [3.8, 4) is 6.07 Å². The van der Waals surface area contributed by atoms with E-state index >= 15 is 0 Å². The number of nitrogens with zero attached hydrogens (tertiary/aromatic N) is 1. The van der Waals surface area contributed by atoms with E-state index in [1.165, 1.54) is 16.0 Å². The van der Waals surface area contributed by atoms with Gasteiger partial charge in [-0.2, -0.15) is 5.26 Å².